The van der Waals surface area contributed by atoms with Gasteiger partial charge in [-0.15, -0.1) is 0 Å². The molecule has 2 heterocycles. The second-order valence-corrected chi connectivity index (χ2v) is 13.7. The zero-order valence-corrected chi connectivity index (χ0v) is 23.9. The molecule has 3 fully saturated rings. The van der Waals surface area contributed by atoms with Crippen molar-refractivity contribution in [2.24, 2.45) is 11.3 Å². The standard InChI is InChI=1S/C32H33NO7S/c1-23-18-27(33(19-24-12-6-3-7-13-24)20-25-14-8-4-9-15-25)31-21-32(23,38-29(35)28(31)34)40-39-30(31,2)22-41(36,37)26-16-10-5-11-17-26/h3-17,23,27H,18-22H2,1-2H3. The highest BCUT2D eigenvalue weighted by Gasteiger charge is 2.77. The van der Waals surface area contributed by atoms with E-state index in [0.29, 0.717) is 19.5 Å². The monoisotopic (exact) mass is 575 g/mol. The van der Waals surface area contributed by atoms with Gasteiger partial charge in [0.25, 0.3) is 5.78 Å². The molecule has 2 aliphatic heterocycles. The molecule has 2 saturated heterocycles. The molecule has 0 N–H and O–H groups in total. The number of esters is 1. The van der Waals surface area contributed by atoms with E-state index in [2.05, 4.69) is 4.90 Å². The Balaban J connectivity index is 1.50. The van der Waals surface area contributed by atoms with Gasteiger partial charge < -0.3 is 4.74 Å². The normalized spacial score (nSPS) is 31.1. The summed E-state index contributed by atoms with van der Waals surface area (Å²) in [7, 11) is -3.95. The van der Waals surface area contributed by atoms with Crippen molar-refractivity contribution in [2.75, 3.05) is 5.75 Å². The number of hydrogen-bond acceptors (Lipinski definition) is 8. The quantitative estimate of drug-likeness (QED) is 0.220. The Kier molecular flexibility index (Phi) is 6.89. The molecule has 3 aromatic rings. The minimum Gasteiger partial charge on any atom is -0.424 e. The van der Waals surface area contributed by atoms with Crippen molar-refractivity contribution >= 4 is 21.6 Å². The molecule has 8 nitrogen and oxygen atoms in total. The number of rotatable bonds is 8. The van der Waals surface area contributed by atoms with Crippen molar-refractivity contribution in [3.8, 4) is 0 Å². The van der Waals surface area contributed by atoms with Crippen molar-refractivity contribution in [3.05, 3.63) is 102 Å². The molecular formula is C32H33NO7S. The van der Waals surface area contributed by atoms with Gasteiger partial charge in [-0.1, -0.05) is 85.8 Å². The number of sulfone groups is 1. The van der Waals surface area contributed by atoms with Crippen LogP contribution in [0.25, 0.3) is 0 Å². The van der Waals surface area contributed by atoms with Crippen LogP contribution in [-0.2, 0) is 47.0 Å². The molecular weight excluding hydrogens is 542 g/mol. The van der Waals surface area contributed by atoms with Gasteiger partial charge in [0, 0.05) is 31.5 Å². The fourth-order valence-corrected chi connectivity index (χ4v) is 8.66. The molecule has 2 bridgehead atoms. The van der Waals surface area contributed by atoms with E-state index in [9.17, 15) is 18.0 Å². The summed E-state index contributed by atoms with van der Waals surface area (Å²) < 4.78 is 33.1. The van der Waals surface area contributed by atoms with Crippen molar-refractivity contribution in [2.45, 2.75) is 62.1 Å². The SMILES string of the molecule is CC1CC(N(Cc2ccccc2)Cc2ccccc2)C23CC1(OOC2(C)CS(=O)(=O)c1ccccc1)OC(=O)C3=O. The lowest BCUT2D eigenvalue weighted by molar-refractivity contribution is -0.525. The Morgan fingerprint density at radius 2 is 1.37 bits per heavy atom. The van der Waals surface area contributed by atoms with Gasteiger partial charge in [-0.3, -0.25) is 9.69 Å². The van der Waals surface area contributed by atoms with Gasteiger partial charge in [0.1, 0.15) is 5.60 Å². The summed E-state index contributed by atoms with van der Waals surface area (Å²) in [5.41, 5.74) is -1.17. The molecule has 0 aromatic heterocycles. The molecule has 1 saturated carbocycles. The van der Waals surface area contributed by atoms with Crippen LogP contribution < -0.4 is 0 Å². The molecule has 9 heteroatoms. The van der Waals surface area contributed by atoms with Gasteiger partial charge in [-0.05, 0) is 36.6 Å². The van der Waals surface area contributed by atoms with Crippen LogP contribution >= 0.6 is 0 Å². The lowest BCUT2D eigenvalue weighted by Gasteiger charge is -2.65. The van der Waals surface area contributed by atoms with Crippen molar-refractivity contribution in [3.63, 3.8) is 0 Å². The average Bonchev–Trinajstić information content (AvgIpc) is 2.97. The Morgan fingerprint density at radius 3 is 1.93 bits per heavy atom. The zero-order valence-electron chi connectivity index (χ0n) is 23.1. The number of hydrogen-bond donors (Lipinski definition) is 0. The lowest BCUT2D eigenvalue weighted by Crippen LogP contribution is -2.79. The molecule has 5 atom stereocenters. The maximum atomic E-state index is 14.2. The molecule has 0 radical (unpaired) electrons. The first-order chi connectivity index (χ1) is 19.6. The summed E-state index contributed by atoms with van der Waals surface area (Å²) in [6, 6.07) is 27.3. The van der Waals surface area contributed by atoms with Crippen molar-refractivity contribution < 1.29 is 32.5 Å². The summed E-state index contributed by atoms with van der Waals surface area (Å²) in [5.74, 6) is -4.12. The Labute approximate surface area is 240 Å². The molecule has 0 spiro atoms. The number of ether oxygens (including phenoxy) is 1. The minimum atomic E-state index is -3.95. The highest BCUT2D eigenvalue weighted by molar-refractivity contribution is 7.91. The summed E-state index contributed by atoms with van der Waals surface area (Å²) in [4.78, 5) is 41.6. The van der Waals surface area contributed by atoms with Gasteiger partial charge in [0.15, 0.2) is 9.84 Å². The first kappa shape index (κ1) is 27.8. The van der Waals surface area contributed by atoms with E-state index < -0.39 is 50.2 Å². The highest BCUT2D eigenvalue weighted by atomic mass is 32.2. The molecule has 6 rings (SSSR count). The fourth-order valence-electron chi connectivity index (χ4n) is 6.89. The second kappa shape index (κ2) is 10.2. The Hall–Kier alpha value is -3.37. The minimum absolute atomic E-state index is 0.0112. The summed E-state index contributed by atoms with van der Waals surface area (Å²) in [5, 5.41) is 0. The number of nitrogens with zero attached hydrogens (tertiary/aromatic N) is 1. The van der Waals surface area contributed by atoms with E-state index in [-0.39, 0.29) is 17.2 Å². The molecule has 41 heavy (non-hydrogen) atoms. The van der Waals surface area contributed by atoms with Crippen LogP contribution in [0.3, 0.4) is 0 Å². The van der Waals surface area contributed by atoms with Crippen LogP contribution in [0, 0.1) is 11.3 Å². The Bertz CT molecular complexity index is 1510. The largest absolute Gasteiger partial charge is 0.424 e. The van der Waals surface area contributed by atoms with Gasteiger partial charge in [0.2, 0.25) is 5.79 Å². The third kappa shape index (κ3) is 4.61. The summed E-state index contributed by atoms with van der Waals surface area (Å²) in [6.45, 7) is 4.45. The lowest BCUT2D eigenvalue weighted by atomic mass is 9.53. The maximum Gasteiger partial charge on any atom is 0.377 e. The number of benzene rings is 3. The first-order valence-corrected chi connectivity index (χ1v) is 15.5. The third-order valence-electron chi connectivity index (χ3n) is 9.05. The van der Waals surface area contributed by atoms with Crippen LogP contribution in [0.1, 0.15) is 37.8 Å². The van der Waals surface area contributed by atoms with E-state index in [1.54, 1.807) is 25.1 Å². The summed E-state index contributed by atoms with van der Waals surface area (Å²) >= 11 is 0. The second-order valence-electron chi connectivity index (χ2n) is 11.7. The van der Waals surface area contributed by atoms with E-state index in [4.69, 9.17) is 14.5 Å². The number of carbonyl (C=O) groups is 2. The first-order valence-electron chi connectivity index (χ1n) is 13.8. The van der Waals surface area contributed by atoms with E-state index in [1.807, 2.05) is 67.6 Å². The summed E-state index contributed by atoms with van der Waals surface area (Å²) in [6.07, 6.45) is 0.445. The molecule has 0 amide bonds. The van der Waals surface area contributed by atoms with Gasteiger partial charge in [0.05, 0.1) is 16.1 Å². The van der Waals surface area contributed by atoms with Crippen LogP contribution in [0.5, 0.6) is 0 Å². The molecule has 5 unspecified atom stereocenters. The van der Waals surface area contributed by atoms with Gasteiger partial charge in [-0.2, -0.15) is 4.89 Å². The van der Waals surface area contributed by atoms with Crippen LogP contribution in [0.4, 0.5) is 0 Å². The van der Waals surface area contributed by atoms with Crippen molar-refractivity contribution in [1.29, 1.82) is 0 Å². The topological polar surface area (TPSA) is 99.2 Å². The number of Topliss-reactive ketones (excluding diaryl/α,β-unsaturated/α-hetero) is 1. The fraction of sp³-hybridized carbons (Fsp3) is 0.375. The average molecular weight is 576 g/mol. The van der Waals surface area contributed by atoms with E-state index >= 15 is 0 Å². The highest BCUT2D eigenvalue weighted by Crippen LogP contribution is 2.62. The zero-order chi connectivity index (χ0) is 28.9. The van der Waals surface area contributed by atoms with Crippen LogP contribution in [0.2, 0.25) is 0 Å². The molecule has 3 aromatic carbocycles. The van der Waals surface area contributed by atoms with Gasteiger partial charge >= 0.3 is 5.97 Å². The molecule has 1 aliphatic carbocycles. The molecule has 214 valence electrons. The predicted octanol–water partition coefficient (Wildman–Crippen LogP) is 4.49. The number of carbonyl (C=O) groups excluding carboxylic acids is 2. The van der Waals surface area contributed by atoms with E-state index in [0.717, 1.165) is 11.1 Å². The maximum absolute atomic E-state index is 14.2. The smallest absolute Gasteiger partial charge is 0.377 e. The number of ketones is 1. The third-order valence-corrected chi connectivity index (χ3v) is 11.0. The van der Waals surface area contributed by atoms with Crippen LogP contribution in [0.15, 0.2) is 95.9 Å². The van der Waals surface area contributed by atoms with Gasteiger partial charge in [-0.25, -0.2) is 18.1 Å². The Morgan fingerprint density at radius 1 is 0.829 bits per heavy atom. The van der Waals surface area contributed by atoms with E-state index in [1.165, 1.54) is 12.1 Å². The molecule has 3 aliphatic rings. The predicted molar refractivity (Wildman–Crippen MR) is 150 cm³/mol. The van der Waals surface area contributed by atoms with Crippen LogP contribution in [-0.4, -0.2) is 48.3 Å². The van der Waals surface area contributed by atoms with Crippen molar-refractivity contribution in [1.82, 2.24) is 4.90 Å².